The van der Waals surface area contributed by atoms with Gasteiger partial charge in [-0.1, -0.05) is 0 Å². The van der Waals surface area contributed by atoms with E-state index in [0.29, 0.717) is 11.5 Å². The maximum absolute atomic E-state index is 10.0. The van der Waals surface area contributed by atoms with Crippen molar-refractivity contribution >= 4 is 0 Å². The number of rotatable bonds is 5. The first kappa shape index (κ1) is 19.4. The molecule has 26 heavy (non-hydrogen) atoms. The maximum Gasteiger partial charge on any atom is 0.215 e. The lowest BCUT2D eigenvalue weighted by Crippen LogP contribution is -3.00. The van der Waals surface area contributed by atoms with Crippen LogP contribution in [0.2, 0.25) is 0 Å². The van der Waals surface area contributed by atoms with Crippen LogP contribution >= 0.6 is 0 Å². The topological polar surface area (TPSA) is 62.1 Å². The van der Waals surface area contributed by atoms with Crippen molar-refractivity contribution in [3.8, 4) is 45.5 Å². The molecule has 3 aromatic rings. The maximum atomic E-state index is 10.0. The first-order valence-corrected chi connectivity index (χ1v) is 7.78. The molecule has 2 aromatic carbocycles. The van der Waals surface area contributed by atoms with E-state index in [1.807, 2.05) is 42.5 Å². The average molecular weight is 374 g/mol. The molecule has 0 fully saturated rings. The van der Waals surface area contributed by atoms with Gasteiger partial charge < -0.3 is 31.7 Å². The molecule has 3 rings (SSSR count). The molecular formula is C20H20ClNO4. The predicted octanol–water partition coefficient (Wildman–Crippen LogP) is 0.570. The Morgan fingerprint density at radius 3 is 2.15 bits per heavy atom. The zero-order valence-corrected chi connectivity index (χ0v) is 15.5. The number of hydrogen-bond donors (Lipinski definition) is 1. The van der Waals surface area contributed by atoms with Gasteiger partial charge in [-0.25, -0.2) is 4.98 Å². The summed E-state index contributed by atoms with van der Waals surface area (Å²) in [4.78, 5) is 3.38. The third-order valence-electron chi connectivity index (χ3n) is 3.98. The first-order valence-electron chi connectivity index (χ1n) is 7.78. The Morgan fingerprint density at radius 1 is 0.769 bits per heavy atom. The van der Waals surface area contributed by atoms with E-state index >= 15 is 0 Å². The number of H-pyrrole nitrogens is 1. The number of hydrogen-bond acceptors (Lipinski definition) is 4. The molecule has 6 heteroatoms. The molecular weight excluding hydrogens is 354 g/mol. The van der Waals surface area contributed by atoms with Crippen LogP contribution in [-0.4, -0.2) is 26.4 Å². The largest absolute Gasteiger partial charge is 1.00 e. The SMILES string of the molecule is COc1ccc(-c2cccc(-c3ccc(OC)c(O)c3)[nH+]2)c(OC)c1.[Cl-]. The molecule has 0 aliphatic carbocycles. The summed E-state index contributed by atoms with van der Waals surface area (Å²) in [7, 11) is 4.78. The second-order valence-corrected chi connectivity index (χ2v) is 5.43. The Kier molecular flexibility index (Phi) is 6.31. The Labute approximate surface area is 158 Å². The molecule has 0 unspecified atom stereocenters. The molecule has 0 saturated heterocycles. The highest BCUT2D eigenvalue weighted by atomic mass is 35.5. The number of phenols is 1. The monoisotopic (exact) mass is 373 g/mol. The van der Waals surface area contributed by atoms with Crippen LogP contribution in [0.25, 0.3) is 22.5 Å². The van der Waals surface area contributed by atoms with Crippen molar-refractivity contribution in [2.24, 2.45) is 0 Å². The van der Waals surface area contributed by atoms with Crippen LogP contribution in [0, 0.1) is 0 Å². The number of benzene rings is 2. The van der Waals surface area contributed by atoms with Crippen molar-refractivity contribution in [1.82, 2.24) is 0 Å². The second kappa shape index (κ2) is 8.45. The molecule has 0 bridgehead atoms. The van der Waals surface area contributed by atoms with Crippen molar-refractivity contribution in [2.45, 2.75) is 0 Å². The minimum atomic E-state index is 0. The van der Waals surface area contributed by atoms with Gasteiger partial charge in [0, 0.05) is 18.2 Å². The molecule has 136 valence electrons. The highest BCUT2D eigenvalue weighted by Crippen LogP contribution is 2.33. The number of aromatic hydroxyl groups is 1. The van der Waals surface area contributed by atoms with Crippen LogP contribution < -0.4 is 31.6 Å². The zero-order valence-electron chi connectivity index (χ0n) is 14.7. The predicted molar refractivity (Wildman–Crippen MR) is 95.2 cm³/mol. The number of nitrogens with one attached hydrogen (secondary N) is 1. The molecule has 1 aromatic heterocycles. The highest BCUT2D eigenvalue weighted by Gasteiger charge is 2.16. The van der Waals surface area contributed by atoms with Gasteiger partial charge in [0.2, 0.25) is 11.4 Å². The molecule has 0 radical (unpaired) electrons. The van der Waals surface area contributed by atoms with E-state index in [4.69, 9.17) is 14.2 Å². The Morgan fingerprint density at radius 2 is 1.50 bits per heavy atom. The van der Waals surface area contributed by atoms with Crippen LogP contribution in [0.1, 0.15) is 0 Å². The van der Waals surface area contributed by atoms with Gasteiger partial charge in [-0.05, 0) is 36.4 Å². The van der Waals surface area contributed by atoms with Crippen LogP contribution in [-0.2, 0) is 0 Å². The minimum Gasteiger partial charge on any atom is -1.00 e. The molecule has 0 spiro atoms. The average Bonchev–Trinajstić information content (AvgIpc) is 2.67. The first-order chi connectivity index (χ1) is 12.2. The van der Waals surface area contributed by atoms with Gasteiger partial charge in [-0.15, -0.1) is 0 Å². The van der Waals surface area contributed by atoms with Gasteiger partial charge >= 0.3 is 0 Å². The molecule has 0 atom stereocenters. The molecule has 0 aliphatic heterocycles. The van der Waals surface area contributed by atoms with Gasteiger partial charge in [0.1, 0.15) is 11.5 Å². The normalized spacial score (nSPS) is 9.96. The standard InChI is InChI=1S/C20H19NO4.ClH/c1-23-14-8-9-15(20(12-14)25-3)17-6-4-5-16(21-17)13-7-10-19(24-2)18(22)11-13;/h4-12,22H,1-3H3;1H. The summed E-state index contributed by atoms with van der Waals surface area (Å²) in [6.07, 6.45) is 0. The summed E-state index contributed by atoms with van der Waals surface area (Å²) in [5.41, 5.74) is 3.54. The molecule has 5 nitrogen and oxygen atoms in total. The van der Waals surface area contributed by atoms with Gasteiger partial charge in [0.15, 0.2) is 11.5 Å². The van der Waals surface area contributed by atoms with Crippen LogP contribution in [0.5, 0.6) is 23.0 Å². The second-order valence-electron chi connectivity index (χ2n) is 5.43. The number of pyridine rings is 1. The van der Waals surface area contributed by atoms with Crippen LogP contribution in [0.15, 0.2) is 54.6 Å². The van der Waals surface area contributed by atoms with Crippen molar-refractivity contribution in [3.05, 3.63) is 54.6 Å². The Hall–Kier alpha value is -2.92. The lowest BCUT2D eigenvalue weighted by Gasteiger charge is -2.08. The number of methoxy groups -OCH3 is 3. The highest BCUT2D eigenvalue weighted by molar-refractivity contribution is 5.68. The number of aromatic amines is 1. The summed E-state index contributed by atoms with van der Waals surface area (Å²) in [6.45, 7) is 0. The van der Waals surface area contributed by atoms with E-state index in [9.17, 15) is 5.11 Å². The van der Waals surface area contributed by atoms with Gasteiger partial charge in [-0.2, -0.15) is 0 Å². The summed E-state index contributed by atoms with van der Waals surface area (Å²) in [6, 6.07) is 16.8. The third-order valence-corrected chi connectivity index (χ3v) is 3.98. The van der Waals surface area contributed by atoms with E-state index < -0.39 is 0 Å². The summed E-state index contributed by atoms with van der Waals surface area (Å²) in [5, 5.41) is 10.0. The lowest BCUT2D eigenvalue weighted by molar-refractivity contribution is -0.351. The van der Waals surface area contributed by atoms with Crippen molar-refractivity contribution < 1.29 is 36.7 Å². The Balaban J connectivity index is 0.00000243. The third kappa shape index (κ3) is 3.83. The van der Waals surface area contributed by atoms with Gasteiger partial charge in [0.25, 0.3) is 0 Å². The van der Waals surface area contributed by atoms with E-state index in [0.717, 1.165) is 28.3 Å². The molecule has 0 aliphatic rings. The van der Waals surface area contributed by atoms with Crippen LogP contribution in [0.4, 0.5) is 0 Å². The molecule has 2 N–H and O–H groups in total. The van der Waals surface area contributed by atoms with E-state index in [1.165, 1.54) is 7.11 Å². The smallest absolute Gasteiger partial charge is 0.215 e. The quantitative estimate of drug-likeness (QED) is 0.710. The fraction of sp³-hybridized carbons (Fsp3) is 0.150. The minimum absolute atomic E-state index is 0. The number of phenolic OH excluding ortho intramolecular Hbond substituents is 1. The number of ether oxygens (including phenoxy) is 3. The van der Waals surface area contributed by atoms with Gasteiger partial charge in [-0.3, -0.25) is 0 Å². The van der Waals surface area contributed by atoms with Crippen molar-refractivity contribution in [2.75, 3.05) is 21.3 Å². The fourth-order valence-corrected chi connectivity index (χ4v) is 2.67. The molecule has 0 saturated carbocycles. The fourth-order valence-electron chi connectivity index (χ4n) is 2.67. The zero-order chi connectivity index (χ0) is 17.8. The number of halogens is 1. The van der Waals surface area contributed by atoms with E-state index in [-0.39, 0.29) is 18.2 Å². The van der Waals surface area contributed by atoms with E-state index in [1.54, 1.807) is 26.4 Å². The van der Waals surface area contributed by atoms with E-state index in [2.05, 4.69) is 4.98 Å². The van der Waals surface area contributed by atoms with Crippen LogP contribution in [0.3, 0.4) is 0 Å². The summed E-state index contributed by atoms with van der Waals surface area (Å²) >= 11 is 0. The molecule has 0 amide bonds. The summed E-state index contributed by atoms with van der Waals surface area (Å²) in [5.74, 6) is 1.99. The molecule has 1 heterocycles. The Bertz CT molecular complexity index is 899. The van der Waals surface area contributed by atoms with Gasteiger partial charge in [0.05, 0.1) is 32.5 Å². The summed E-state index contributed by atoms with van der Waals surface area (Å²) < 4.78 is 15.8. The van der Waals surface area contributed by atoms with Crippen molar-refractivity contribution in [3.63, 3.8) is 0 Å². The van der Waals surface area contributed by atoms with Crippen molar-refractivity contribution in [1.29, 1.82) is 0 Å². The number of aromatic nitrogens is 1. The lowest BCUT2D eigenvalue weighted by atomic mass is 10.1.